The molecule has 1 aliphatic rings. The van der Waals surface area contributed by atoms with Crippen LogP contribution in [0.3, 0.4) is 0 Å². The molecule has 0 amide bonds. The molecule has 0 atom stereocenters. The second kappa shape index (κ2) is 6.08. The first kappa shape index (κ1) is 13.9. The van der Waals surface area contributed by atoms with Crippen molar-refractivity contribution in [3.8, 4) is 0 Å². The molecule has 1 aromatic rings. The first-order valence-electron chi connectivity index (χ1n) is 6.48. The third-order valence-corrected chi connectivity index (χ3v) is 3.56. The predicted octanol–water partition coefficient (Wildman–Crippen LogP) is 1.87. The van der Waals surface area contributed by atoms with Crippen LogP contribution in [0.15, 0.2) is 18.2 Å². The Hall–Kier alpha value is -1.53. The van der Waals surface area contributed by atoms with E-state index in [9.17, 15) is 14.5 Å². The average Bonchev–Trinajstić information content (AvgIpc) is 2.41. The van der Waals surface area contributed by atoms with Crippen molar-refractivity contribution in [3.63, 3.8) is 0 Å². The second-order valence-electron chi connectivity index (χ2n) is 4.72. The number of likely N-dealkylation sites (N-methyl/N-ethyl adjacent to an activating group) is 1. The van der Waals surface area contributed by atoms with Crippen LogP contribution >= 0.6 is 0 Å². The first-order valence-corrected chi connectivity index (χ1v) is 6.48. The molecule has 2 rings (SSSR count). The van der Waals surface area contributed by atoms with Crippen molar-refractivity contribution < 1.29 is 9.31 Å². The molecule has 0 aromatic heterocycles. The van der Waals surface area contributed by atoms with Gasteiger partial charge in [-0.3, -0.25) is 15.0 Å². The summed E-state index contributed by atoms with van der Waals surface area (Å²) < 4.78 is 13.9. The summed E-state index contributed by atoms with van der Waals surface area (Å²) in [6, 6.07) is 4.36. The van der Waals surface area contributed by atoms with Crippen molar-refractivity contribution in [2.24, 2.45) is 0 Å². The van der Waals surface area contributed by atoms with E-state index >= 15 is 0 Å². The van der Waals surface area contributed by atoms with Gasteiger partial charge in [0.05, 0.1) is 4.92 Å². The van der Waals surface area contributed by atoms with Gasteiger partial charge in [0.1, 0.15) is 0 Å². The topological polar surface area (TPSA) is 49.6 Å². The fourth-order valence-corrected chi connectivity index (χ4v) is 2.33. The van der Waals surface area contributed by atoms with Gasteiger partial charge < -0.3 is 4.90 Å². The molecule has 1 aromatic carbocycles. The van der Waals surface area contributed by atoms with Crippen LogP contribution in [0.5, 0.6) is 0 Å². The lowest BCUT2D eigenvalue weighted by molar-refractivity contribution is -0.387. The van der Waals surface area contributed by atoms with Gasteiger partial charge >= 0.3 is 5.69 Å². The first-order chi connectivity index (χ1) is 9.11. The highest BCUT2D eigenvalue weighted by molar-refractivity contribution is 5.36. The summed E-state index contributed by atoms with van der Waals surface area (Å²) >= 11 is 0. The van der Waals surface area contributed by atoms with Gasteiger partial charge in [-0.2, -0.15) is 4.39 Å². The fourth-order valence-electron chi connectivity index (χ4n) is 2.33. The van der Waals surface area contributed by atoms with E-state index in [2.05, 4.69) is 16.7 Å². The summed E-state index contributed by atoms with van der Waals surface area (Å²) in [7, 11) is 0. The van der Waals surface area contributed by atoms with E-state index < -0.39 is 16.4 Å². The Labute approximate surface area is 111 Å². The summed E-state index contributed by atoms with van der Waals surface area (Å²) in [5.74, 6) is -0.703. The number of rotatable bonds is 4. The third kappa shape index (κ3) is 3.27. The largest absolute Gasteiger partial charge is 0.305 e. The second-order valence-corrected chi connectivity index (χ2v) is 4.72. The molecule has 104 valence electrons. The van der Waals surface area contributed by atoms with Gasteiger partial charge in [-0.15, -0.1) is 0 Å². The molecule has 1 saturated heterocycles. The Kier molecular flexibility index (Phi) is 4.44. The van der Waals surface area contributed by atoms with Crippen molar-refractivity contribution in [2.75, 3.05) is 32.7 Å². The zero-order valence-corrected chi connectivity index (χ0v) is 11.0. The normalized spacial score (nSPS) is 17.6. The fraction of sp³-hybridized carbons (Fsp3) is 0.538. The molecule has 0 radical (unpaired) electrons. The predicted molar refractivity (Wildman–Crippen MR) is 70.4 cm³/mol. The zero-order valence-electron chi connectivity index (χ0n) is 11.0. The lowest BCUT2D eigenvalue weighted by Crippen LogP contribution is -2.45. The number of hydrogen-bond donors (Lipinski definition) is 0. The van der Waals surface area contributed by atoms with Crippen LogP contribution < -0.4 is 0 Å². The maximum Gasteiger partial charge on any atom is 0.305 e. The lowest BCUT2D eigenvalue weighted by Gasteiger charge is -2.34. The molecular formula is C13H18FN3O2. The molecule has 1 heterocycles. The minimum atomic E-state index is -0.703. The SMILES string of the molecule is CCN1CCN(Cc2cccc([N+](=O)[O-])c2F)CC1. The van der Waals surface area contributed by atoms with Gasteiger partial charge in [0.15, 0.2) is 0 Å². The van der Waals surface area contributed by atoms with Crippen molar-refractivity contribution in [3.05, 3.63) is 39.7 Å². The molecule has 0 aliphatic carbocycles. The molecule has 0 unspecified atom stereocenters. The summed E-state index contributed by atoms with van der Waals surface area (Å²) in [4.78, 5) is 14.5. The molecule has 6 heteroatoms. The minimum absolute atomic E-state index is 0.402. The van der Waals surface area contributed by atoms with Gasteiger partial charge in [0.25, 0.3) is 0 Å². The summed E-state index contributed by atoms with van der Waals surface area (Å²) in [5, 5.41) is 10.7. The Morgan fingerprint density at radius 2 is 1.89 bits per heavy atom. The van der Waals surface area contributed by atoms with E-state index in [1.165, 1.54) is 6.07 Å². The molecule has 1 aliphatic heterocycles. The van der Waals surface area contributed by atoms with Gasteiger partial charge in [0.2, 0.25) is 5.82 Å². The molecule has 0 N–H and O–H groups in total. The Bertz CT molecular complexity index is 459. The van der Waals surface area contributed by atoms with Gasteiger partial charge in [-0.1, -0.05) is 19.1 Å². The number of nitro benzene ring substituents is 1. The monoisotopic (exact) mass is 267 g/mol. The Balaban J connectivity index is 2.04. The molecule has 1 fully saturated rings. The van der Waals surface area contributed by atoms with E-state index in [0.717, 1.165) is 32.7 Å². The van der Waals surface area contributed by atoms with Crippen molar-refractivity contribution in [1.29, 1.82) is 0 Å². The van der Waals surface area contributed by atoms with Crippen molar-refractivity contribution in [2.45, 2.75) is 13.5 Å². The van der Waals surface area contributed by atoms with E-state index in [-0.39, 0.29) is 0 Å². The number of benzene rings is 1. The van der Waals surface area contributed by atoms with Gasteiger partial charge in [-0.05, 0) is 6.54 Å². The lowest BCUT2D eigenvalue weighted by atomic mass is 10.1. The van der Waals surface area contributed by atoms with Crippen LogP contribution in [-0.2, 0) is 6.54 Å². The number of piperazine rings is 1. The number of nitro groups is 1. The summed E-state index contributed by atoms with van der Waals surface area (Å²) in [6.45, 7) is 7.26. The third-order valence-electron chi connectivity index (χ3n) is 3.56. The van der Waals surface area contributed by atoms with Crippen LogP contribution in [0.2, 0.25) is 0 Å². The van der Waals surface area contributed by atoms with Gasteiger partial charge in [-0.25, -0.2) is 0 Å². The smallest absolute Gasteiger partial charge is 0.301 e. The van der Waals surface area contributed by atoms with E-state index in [0.29, 0.717) is 12.1 Å². The average molecular weight is 267 g/mol. The van der Waals surface area contributed by atoms with Crippen LogP contribution in [0, 0.1) is 15.9 Å². The highest BCUT2D eigenvalue weighted by Crippen LogP contribution is 2.21. The van der Waals surface area contributed by atoms with Crippen LogP contribution in [0.4, 0.5) is 10.1 Å². The number of nitrogens with zero attached hydrogens (tertiary/aromatic N) is 3. The quantitative estimate of drug-likeness (QED) is 0.617. The van der Waals surface area contributed by atoms with E-state index in [1.807, 2.05) is 0 Å². The van der Waals surface area contributed by atoms with Crippen LogP contribution in [0.25, 0.3) is 0 Å². The van der Waals surface area contributed by atoms with E-state index in [4.69, 9.17) is 0 Å². The van der Waals surface area contributed by atoms with E-state index in [1.54, 1.807) is 12.1 Å². The van der Waals surface area contributed by atoms with Crippen LogP contribution in [-0.4, -0.2) is 47.4 Å². The molecule has 0 bridgehead atoms. The Morgan fingerprint density at radius 1 is 1.26 bits per heavy atom. The highest BCUT2D eigenvalue weighted by atomic mass is 19.1. The van der Waals surface area contributed by atoms with Crippen molar-refractivity contribution in [1.82, 2.24) is 9.80 Å². The highest BCUT2D eigenvalue weighted by Gasteiger charge is 2.21. The Morgan fingerprint density at radius 3 is 2.47 bits per heavy atom. The van der Waals surface area contributed by atoms with Crippen LogP contribution in [0.1, 0.15) is 12.5 Å². The maximum absolute atomic E-state index is 13.9. The van der Waals surface area contributed by atoms with Gasteiger partial charge in [0, 0.05) is 44.4 Å². The number of hydrogen-bond acceptors (Lipinski definition) is 4. The zero-order chi connectivity index (χ0) is 13.8. The standard InChI is InChI=1S/C13H18FN3O2/c1-2-15-6-8-16(9-7-15)10-11-4-3-5-12(13(11)14)17(18)19/h3-5H,2,6-10H2,1H3. The molecule has 19 heavy (non-hydrogen) atoms. The summed E-state index contributed by atoms with van der Waals surface area (Å²) in [6.07, 6.45) is 0. The minimum Gasteiger partial charge on any atom is -0.301 e. The van der Waals surface area contributed by atoms with Crippen molar-refractivity contribution >= 4 is 5.69 Å². The molecule has 5 nitrogen and oxygen atoms in total. The molecule has 0 saturated carbocycles. The molecule has 0 spiro atoms. The molecular weight excluding hydrogens is 249 g/mol. The maximum atomic E-state index is 13.9. The summed E-state index contributed by atoms with van der Waals surface area (Å²) in [5.41, 5.74) is -0.0381. The number of halogens is 1.